The molecule has 0 radical (unpaired) electrons. The third kappa shape index (κ3) is 2.72. The zero-order valence-corrected chi connectivity index (χ0v) is 12.6. The molecule has 0 aliphatic heterocycles. The van der Waals surface area contributed by atoms with Gasteiger partial charge in [0, 0.05) is 29.2 Å². The number of aliphatic hydroxyl groups is 1. The third-order valence-electron chi connectivity index (χ3n) is 4.04. The summed E-state index contributed by atoms with van der Waals surface area (Å²) in [4.78, 5) is 0. The molecule has 0 saturated heterocycles. The lowest BCUT2D eigenvalue weighted by atomic mass is 10.0. The van der Waals surface area contributed by atoms with Crippen LogP contribution >= 0.6 is 0 Å². The van der Waals surface area contributed by atoms with Crippen LogP contribution in [-0.2, 0) is 13.2 Å². The van der Waals surface area contributed by atoms with E-state index in [9.17, 15) is 5.11 Å². The van der Waals surface area contributed by atoms with Gasteiger partial charge in [-0.25, -0.2) is 0 Å². The number of fused-ring (bicyclic) bond motifs is 1. The number of benzene rings is 2. The van der Waals surface area contributed by atoms with Gasteiger partial charge in [0.1, 0.15) is 0 Å². The monoisotopic (exact) mass is 279 g/mol. The van der Waals surface area contributed by atoms with Gasteiger partial charge in [-0.1, -0.05) is 56.3 Å². The van der Waals surface area contributed by atoms with Crippen molar-refractivity contribution in [3.8, 4) is 0 Å². The summed E-state index contributed by atoms with van der Waals surface area (Å²) in [5.74, 6) is 0.562. The standard InChI is InChI=1S/C19H21NO/c1-14(2)16-9-7-15(8-10-16)11-20-12-17(13-21)18-5-3-4-6-19(18)20/h3-10,12,14,21H,11,13H2,1-2H3. The highest BCUT2D eigenvalue weighted by Crippen LogP contribution is 2.23. The summed E-state index contributed by atoms with van der Waals surface area (Å²) in [5, 5.41) is 10.6. The van der Waals surface area contributed by atoms with Gasteiger partial charge in [0.25, 0.3) is 0 Å². The Bertz CT molecular complexity index is 738. The fourth-order valence-corrected chi connectivity index (χ4v) is 2.78. The summed E-state index contributed by atoms with van der Waals surface area (Å²) in [6.07, 6.45) is 2.06. The predicted octanol–water partition coefficient (Wildman–Crippen LogP) is 4.31. The van der Waals surface area contributed by atoms with Crippen molar-refractivity contribution in [3.63, 3.8) is 0 Å². The summed E-state index contributed by atoms with van der Waals surface area (Å²) in [5.41, 5.74) is 4.82. The van der Waals surface area contributed by atoms with E-state index in [0.29, 0.717) is 5.92 Å². The molecule has 108 valence electrons. The largest absolute Gasteiger partial charge is 0.392 e. The average Bonchev–Trinajstić information content (AvgIpc) is 2.86. The molecule has 3 rings (SSSR count). The molecule has 0 aliphatic carbocycles. The second kappa shape index (κ2) is 5.74. The summed E-state index contributed by atoms with van der Waals surface area (Å²) < 4.78 is 2.21. The van der Waals surface area contributed by atoms with Crippen LogP contribution in [0.15, 0.2) is 54.7 Å². The fraction of sp³-hybridized carbons (Fsp3) is 0.263. The second-order valence-electron chi connectivity index (χ2n) is 5.85. The van der Waals surface area contributed by atoms with Crippen LogP contribution in [0.3, 0.4) is 0 Å². The Labute approximate surface area is 125 Å². The van der Waals surface area contributed by atoms with Crippen molar-refractivity contribution in [2.45, 2.75) is 32.9 Å². The van der Waals surface area contributed by atoms with Crippen molar-refractivity contribution in [1.29, 1.82) is 0 Å². The van der Waals surface area contributed by atoms with E-state index < -0.39 is 0 Å². The smallest absolute Gasteiger partial charge is 0.0702 e. The van der Waals surface area contributed by atoms with E-state index in [2.05, 4.69) is 61.0 Å². The van der Waals surface area contributed by atoms with E-state index >= 15 is 0 Å². The summed E-state index contributed by atoms with van der Waals surface area (Å²) in [6.45, 7) is 5.34. The lowest BCUT2D eigenvalue weighted by Gasteiger charge is -2.09. The number of rotatable bonds is 4. The zero-order valence-electron chi connectivity index (χ0n) is 12.6. The fourth-order valence-electron chi connectivity index (χ4n) is 2.78. The first-order valence-corrected chi connectivity index (χ1v) is 7.45. The van der Waals surface area contributed by atoms with Gasteiger partial charge in [-0.3, -0.25) is 0 Å². The Morgan fingerprint density at radius 1 is 1.00 bits per heavy atom. The van der Waals surface area contributed by atoms with Crippen molar-refractivity contribution in [2.75, 3.05) is 0 Å². The van der Waals surface area contributed by atoms with E-state index in [0.717, 1.165) is 17.5 Å². The van der Waals surface area contributed by atoms with Gasteiger partial charge in [0.15, 0.2) is 0 Å². The van der Waals surface area contributed by atoms with Crippen molar-refractivity contribution in [3.05, 3.63) is 71.4 Å². The minimum atomic E-state index is 0.0831. The Hall–Kier alpha value is -2.06. The Balaban J connectivity index is 1.94. The molecule has 21 heavy (non-hydrogen) atoms. The molecule has 1 N–H and O–H groups in total. The van der Waals surface area contributed by atoms with Crippen LogP contribution in [0, 0.1) is 0 Å². The summed E-state index contributed by atoms with van der Waals surface area (Å²) in [7, 11) is 0. The Morgan fingerprint density at radius 2 is 1.71 bits per heavy atom. The molecule has 0 saturated carbocycles. The maximum absolute atomic E-state index is 9.50. The molecule has 0 fully saturated rings. The van der Waals surface area contributed by atoms with Gasteiger partial charge >= 0.3 is 0 Å². The lowest BCUT2D eigenvalue weighted by Crippen LogP contribution is -1.98. The molecular formula is C19H21NO. The number of nitrogens with zero attached hydrogens (tertiary/aromatic N) is 1. The first-order valence-electron chi connectivity index (χ1n) is 7.45. The molecule has 0 aliphatic rings. The quantitative estimate of drug-likeness (QED) is 0.756. The molecule has 0 unspecified atom stereocenters. The average molecular weight is 279 g/mol. The van der Waals surface area contributed by atoms with Crippen LogP contribution in [0.1, 0.15) is 36.5 Å². The highest BCUT2D eigenvalue weighted by molar-refractivity contribution is 5.83. The van der Waals surface area contributed by atoms with Gasteiger partial charge in [0.05, 0.1) is 6.61 Å². The van der Waals surface area contributed by atoms with Gasteiger partial charge in [-0.15, -0.1) is 0 Å². The normalized spacial score (nSPS) is 11.4. The zero-order chi connectivity index (χ0) is 14.8. The van der Waals surface area contributed by atoms with E-state index in [4.69, 9.17) is 0 Å². The molecule has 0 spiro atoms. The van der Waals surface area contributed by atoms with E-state index in [-0.39, 0.29) is 6.61 Å². The molecule has 1 heterocycles. The number of para-hydroxylation sites is 1. The topological polar surface area (TPSA) is 25.2 Å². The maximum atomic E-state index is 9.50. The van der Waals surface area contributed by atoms with E-state index in [1.54, 1.807) is 0 Å². The second-order valence-corrected chi connectivity index (χ2v) is 5.85. The van der Waals surface area contributed by atoms with Gasteiger partial charge < -0.3 is 9.67 Å². The third-order valence-corrected chi connectivity index (χ3v) is 4.04. The molecule has 2 aromatic carbocycles. The van der Waals surface area contributed by atoms with Crippen LogP contribution in [0.2, 0.25) is 0 Å². The molecule has 2 nitrogen and oxygen atoms in total. The van der Waals surface area contributed by atoms with Crippen molar-refractivity contribution >= 4 is 10.9 Å². The molecule has 1 aromatic heterocycles. The predicted molar refractivity (Wildman–Crippen MR) is 87.5 cm³/mol. The number of hydrogen-bond acceptors (Lipinski definition) is 1. The number of aliphatic hydroxyl groups excluding tert-OH is 1. The minimum absolute atomic E-state index is 0.0831. The van der Waals surface area contributed by atoms with Crippen LogP contribution in [-0.4, -0.2) is 9.67 Å². The van der Waals surface area contributed by atoms with Crippen molar-refractivity contribution in [1.82, 2.24) is 4.57 Å². The molecule has 0 atom stereocenters. The molecule has 2 heteroatoms. The van der Waals surface area contributed by atoms with Crippen molar-refractivity contribution < 1.29 is 5.11 Å². The first-order chi connectivity index (χ1) is 10.2. The highest BCUT2D eigenvalue weighted by Gasteiger charge is 2.07. The van der Waals surface area contributed by atoms with Crippen LogP contribution in [0.5, 0.6) is 0 Å². The first kappa shape index (κ1) is 13.9. The number of aromatic nitrogens is 1. The van der Waals surface area contributed by atoms with Crippen LogP contribution in [0.4, 0.5) is 0 Å². The maximum Gasteiger partial charge on any atom is 0.0702 e. The molecule has 0 amide bonds. The summed E-state index contributed by atoms with van der Waals surface area (Å²) >= 11 is 0. The van der Waals surface area contributed by atoms with Gasteiger partial charge in [-0.05, 0) is 23.1 Å². The van der Waals surface area contributed by atoms with E-state index in [1.807, 2.05) is 12.1 Å². The minimum Gasteiger partial charge on any atom is -0.392 e. The van der Waals surface area contributed by atoms with Gasteiger partial charge in [-0.2, -0.15) is 0 Å². The van der Waals surface area contributed by atoms with Crippen molar-refractivity contribution in [2.24, 2.45) is 0 Å². The Morgan fingerprint density at radius 3 is 2.38 bits per heavy atom. The lowest BCUT2D eigenvalue weighted by molar-refractivity contribution is 0.283. The molecular weight excluding hydrogens is 258 g/mol. The summed E-state index contributed by atoms with van der Waals surface area (Å²) in [6, 6.07) is 17.0. The van der Waals surface area contributed by atoms with Gasteiger partial charge in [0.2, 0.25) is 0 Å². The van der Waals surface area contributed by atoms with Crippen LogP contribution in [0.25, 0.3) is 10.9 Å². The highest BCUT2D eigenvalue weighted by atomic mass is 16.3. The molecule has 0 bridgehead atoms. The Kier molecular flexibility index (Phi) is 3.80. The molecule has 3 aromatic rings. The number of hydrogen-bond donors (Lipinski definition) is 1. The SMILES string of the molecule is CC(C)c1ccc(Cn2cc(CO)c3ccccc32)cc1. The van der Waals surface area contributed by atoms with Crippen LogP contribution < -0.4 is 0 Å². The van der Waals surface area contributed by atoms with E-state index in [1.165, 1.54) is 16.6 Å².